The Labute approximate surface area is 91.2 Å². The number of hydrogen-bond donors (Lipinski definition) is 1. The van der Waals surface area contributed by atoms with Crippen molar-refractivity contribution < 1.29 is 4.52 Å². The quantitative estimate of drug-likeness (QED) is 0.810. The highest BCUT2D eigenvalue weighted by Crippen LogP contribution is 2.43. The molecule has 0 radical (unpaired) electrons. The second-order valence-corrected chi connectivity index (χ2v) is 5.06. The summed E-state index contributed by atoms with van der Waals surface area (Å²) < 4.78 is 6.30. The van der Waals surface area contributed by atoms with Crippen molar-refractivity contribution in [2.75, 3.05) is 5.73 Å². The van der Waals surface area contributed by atoms with Crippen LogP contribution in [0.15, 0.2) is 4.52 Å². The molecule has 0 spiro atoms. The Hall–Kier alpha value is -0.260. The molecule has 0 unspecified atom stereocenters. The molecule has 1 saturated carbocycles. The lowest BCUT2D eigenvalue weighted by Gasteiger charge is -2.19. The van der Waals surface area contributed by atoms with E-state index in [1.54, 1.807) is 0 Å². The van der Waals surface area contributed by atoms with E-state index in [-0.39, 0.29) is 5.41 Å². The van der Waals surface area contributed by atoms with Crippen molar-refractivity contribution in [2.45, 2.75) is 38.0 Å². The topological polar surface area (TPSA) is 52.0 Å². The summed E-state index contributed by atoms with van der Waals surface area (Å²) in [5, 5.41) is 3.80. The first-order chi connectivity index (χ1) is 6.13. The normalized spacial score (nSPS) is 20.8. The van der Waals surface area contributed by atoms with Gasteiger partial charge in [-0.1, -0.05) is 24.9 Å². The molecule has 0 saturated heterocycles. The molecule has 0 amide bonds. The molecule has 0 aliphatic heterocycles. The summed E-state index contributed by atoms with van der Waals surface area (Å²) in [5.74, 6) is 1.52. The largest absolute Gasteiger partial charge is 0.380 e. The summed E-state index contributed by atoms with van der Waals surface area (Å²) in [5.41, 5.74) is 5.84. The molecule has 0 bridgehead atoms. The molecule has 0 aromatic carbocycles. The van der Waals surface area contributed by atoms with Crippen LogP contribution in [0.3, 0.4) is 0 Å². The number of halogens is 1. The molecular formula is C9H13IN2O. The number of rotatable bonds is 1. The first-order valence-electron chi connectivity index (χ1n) is 4.55. The van der Waals surface area contributed by atoms with Gasteiger partial charge in [0.05, 0.1) is 0 Å². The molecule has 3 nitrogen and oxygen atoms in total. The van der Waals surface area contributed by atoms with Gasteiger partial charge >= 0.3 is 0 Å². The predicted molar refractivity (Wildman–Crippen MR) is 59.5 cm³/mol. The van der Waals surface area contributed by atoms with E-state index in [0.29, 0.717) is 5.82 Å². The van der Waals surface area contributed by atoms with Gasteiger partial charge in [-0.3, -0.25) is 0 Å². The fourth-order valence-corrected chi connectivity index (χ4v) is 2.90. The van der Waals surface area contributed by atoms with Crippen molar-refractivity contribution in [3.05, 3.63) is 9.33 Å². The molecule has 72 valence electrons. The van der Waals surface area contributed by atoms with Gasteiger partial charge in [-0.25, -0.2) is 0 Å². The second-order valence-electron chi connectivity index (χ2n) is 3.98. The third-order valence-electron chi connectivity index (χ3n) is 2.91. The zero-order chi connectivity index (χ0) is 9.47. The fourth-order valence-electron chi connectivity index (χ4n) is 2.05. The molecule has 1 aliphatic rings. The molecule has 1 aliphatic carbocycles. The van der Waals surface area contributed by atoms with Gasteiger partial charge in [0.1, 0.15) is 3.57 Å². The van der Waals surface area contributed by atoms with Crippen molar-refractivity contribution in [3.63, 3.8) is 0 Å². The summed E-state index contributed by atoms with van der Waals surface area (Å²) in [6.07, 6.45) is 4.95. The number of aromatic nitrogens is 1. The monoisotopic (exact) mass is 292 g/mol. The molecule has 4 heteroatoms. The van der Waals surface area contributed by atoms with Crippen LogP contribution in [0.5, 0.6) is 0 Å². The van der Waals surface area contributed by atoms with Crippen LogP contribution >= 0.6 is 22.6 Å². The van der Waals surface area contributed by atoms with Gasteiger partial charge in [-0.2, -0.15) is 0 Å². The van der Waals surface area contributed by atoms with Crippen LogP contribution in [0.2, 0.25) is 0 Å². The van der Waals surface area contributed by atoms with E-state index in [1.165, 1.54) is 25.7 Å². The summed E-state index contributed by atoms with van der Waals surface area (Å²) >= 11 is 2.22. The second kappa shape index (κ2) is 3.15. The van der Waals surface area contributed by atoms with Crippen molar-refractivity contribution >= 4 is 28.4 Å². The van der Waals surface area contributed by atoms with Crippen LogP contribution in [0, 0.1) is 3.57 Å². The number of hydrogen-bond acceptors (Lipinski definition) is 3. The smallest absolute Gasteiger partial charge is 0.180 e. The molecular weight excluding hydrogens is 279 g/mol. The van der Waals surface area contributed by atoms with Crippen molar-refractivity contribution in [1.82, 2.24) is 5.16 Å². The van der Waals surface area contributed by atoms with Gasteiger partial charge in [0, 0.05) is 5.41 Å². The minimum atomic E-state index is 0.182. The maximum atomic E-state index is 5.65. The number of nitrogen functional groups attached to an aromatic ring is 1. The third-order valence-corrected chi connectivity index (χ3v) is 3.96. The highest BCUT2D eigenvalue weighted by atomic mass is 127. The Bertz CT molecular complexity index is 315. The van der Waals surface area contributed by atoms with Gasteiger partial charge < -0.3 is 10.3 Å². The highest BCUT2D eigenvalue weighted by Gasteiger charge is 2.36. The number of nitrogens with two attached hydrogens (primary N) is 1. The van der Waals surface area contributed by atoms with Crippen molar-refractivity contribution in [1.29, 1.82) is 0 Å². The van der Waals surface area contributed by atoms with Crippen LogP contribution in [0.1, 0.15) is 38.4 Å². The van der Waals surface area contributed by atoms with Gasteiger partial charge in [-0.15, -0.1) is 0 Å². The van der Waals surface area contributed by atoms with Crippen LogP contribution in [0.25, 0.3) is 0 Å². The van der Waals surface area contributed by atoms with Crippen molar-refractivity contribution in [2.24, 2.45) is 0 Å². The zero-order valence-corrected chi connectivity index (χ0v) is 9.80. The lowest BCUT2D eigenvalue weighted by molar-refractivity contribution is 0.304. The van der Waals surface area contributed by atoms with Crippen LogP contribution in [0.4, 0.5) is 5.82 Å². The van der Waals surface area contributed by atoms with Gasteiger partial charge in [-0.05, 0) is 35.4 Å². The highest BCUT2D eigenvalue weighted by molar-refractivity contribution is 14.1. The third kappa shape index (κ3) is 1.45. The molecule has 1 fully saturated rings. The summed E-state index contributed by atoms with van der Waals surface area (Å²) in [7, 11) is 0. The SMILES string of the molecule is CC1(c2onc(N)c2I)CCCC1. The molecule has 2 N–H and O–H groups in total. The average Bonchev–Trinajstić information content (AvgIpc) is 2.63. The van der Waals surface area contributed by atoms with E-state index in [0.717, 1.165) is 9.33 Å². The summed E-state index contributed by atoms with van der Waals surface area (Å²) in [6.45, 7) is 2.24. The average molecular weight is 292 g/mol. The van der Waals surface area contributed by atoms with Crippen molar-refractivity contribution in [3.8, 4) is 0 Å². The lowest BCUT2D eigenvalue weighted by Crippen LogP contribution is -2.17. The van der Waals surface area contributed by atoms with Gasteiger partial charge in [0.25, 0.3) is 0 Å². The lowest BCUT2D eigenvalue weighted by atomic mass is 9.86. The Morgan fingerprint density at radius 3 is 2.54 bits per heavy atom. The molecule has 2 rings (SSSR count). The summed E-state index contributed by atoms with van der Waals surface area (Å²) in [6, 6.07) is 0. The predicted octanol–water partition coefficient (Wildman–Crippen LogP) is 2.69. The molecule has 1 aromatic rings. The minimum Gasteiger partial charge on any atom is -0.380 e. The van der Waals surface area contributed by atoms with E-state index in [1.807, 2.05) is 0 Å². The Balaban J connectivity index is 2.39. The Morgan fingerprint density at radius 2 is 2.08 bits per heavy atom. The van der Waals surface area contributed by atoms with Gasteiger partial charge in [0.15, 0.2) is 11.6 Å². The molecule has 0 atom stereocenters. The Morgan fingerprint density at radius 1 is 1.46 bits per heavy atom. The maximum absolute atomic E-state index is 5.65. The molecule has 13 heavy (non-hydrogen) atoms. The first kappa shape index (κ1) is 9.30. The van der Waals surface area contributed by atoms with Crippen LogP contribution in [-0.2, 0) is 5.41 Å². The van der Waals surface area contributed by atoms with Crippen LogP contribution in [-0.4, -0.2) is 5.16 Å². The number of nitrogens with zero attached hydrogens (tertiary/aromatic N) is 1. The van der Waals surface area contributed by atoms with E-state index in [4.69, 9.17) is 10.3 Å². The van der Waals surface area contributed by atoms with E-state index >= 15 is 0 Å². The fraction of sp³-hybridized carbons (Fsp3) is 0.667. The van der Waals surface area contributed by atoms with E-state index in [9.17, 15) is 0 Å². The molecule has 1 aromatic heterocycles. The molecule has 1 heterocycles. The zero-order valence-electron chi connectivity index (χ0n) is 7.64. The van der Waals surface area contributed by atoms with E-state index < -0.39 is 0 Å². The minimum absolute atomic E-state index is 0.182. The van der Waals surface area contributed by atoms with Gasteiger partial charge in [0.2, 0.25) is 0 Å². The first-order valence-corrected chi connectivity index (χ1v) is 5.62. The van der Waals surface area contributed by atoms with E-state index in [2.05, 4.69) is 34.7 Å². The number of anilines is 1. The Kier molecular flexibility index (Phi) is 2.25. The maximum Gasteiger partial charge on any atom is 0.180 e. The van der Waals surface area contributed by atoms with Crippen LogP contribution < -0.4 is 5.73 Å². The standard InChI is InChI=1S/C9H13IN2O/c1-9(4-2-3-5-9)7-6(10)8(11)12-13-7/h2-5H2,1H3,(H2,11,12). The summed E-state index contributed by atoms with van der Waals surface area (Å²) in [4.78, 5) is 0.